The van der Waals surface area contributed by atoms with E-state index in [0.29, 0.717) is 25.4 Å². The number of nitrogens with zero attached hydrogens (tertiary/aromatic N) is 3. The van der Waals surface area contributed by atoms with E-state index in [1.54, 1.807) is 7.11 Å². The first-order chi connectivity index (χ1) is 16.1. The molecule has 7 nitrogen and oxygen atoms in total. The maximum absolute atomic E-state index is 13.0. The fourth-order valence-electron chi connectivity index (χ4n) is 5.33. The van der Waals surface area contributed by atoms with Gasteiger partial charge in [0.15, 0.2) is 0 Å². The van der Waals surface area contributed by atoms with Crippen LogP contribution in [-0.2, 0) is 24.3 Å². The molecule has 0 saturated carbocycles. The van der Waals surface area contributed by atoms with Crippen molar-refractivity contribution in [2.45, 2.75) is 51.1 Å². The third kappa shape index (κ3) is 4.74. The Morgan fingerprint density at radius 1 is 1.24 bits per heavy atom. The van der Waals surface area contributed by atoms with Gasteiger partial charge in [0.1, 0.15) is 11.6 Å². The summed E-state index contributed by atoms with van der Waals surface area (Å²) < 4.78 is 5.48. The number of hydrogen-bond donors (Lipinski definition) is 1. The molecule has 3 aliphatic rings. The first-order valence-electron chi connectivity index (χ1n) is 12.0. The Kier molecular flexibility index (Phi) is 6.31. The SMILES string of the molecule is COc1ccccc1CN1CCc2nc([C@@H]3CCN(C(=O)C[C@H]4C=CCC4)C3)[nH]c(=O)c2C1. The van der Waals surface area contributed by atoms with Crippen molar-refractivity contribution in [2.24, 2.45) is 5.92 Å². The second-order valence-electron chi connectivity index (χ2n) is 9.44. The van der Waals surface area contributed by atoms with Gasteiger partial charge in [-0.3, -0.25) is 14.5 Å². The van der Waals surface area contributed by atoms with Crippen molar-refractivity contribution in [3.63, 3.8) is 0 Å². The highest BCUT2D eigenvalue weighted by Crippen LogP contribution is 2.29. The zero-order valence-corrected chi connectivity index (χ0v) is 19.3. The lowest BCUT2D eigenvalue weighted by atomic mass is 10.0. The van der Waals surface area contributed by atoms with Crippen molar-refractivity contribution < 1.29 is 9.53 Å². The molecule has 1 N–H and O–H groups in total. The molecule has 33 heavy (non-hydrogen) atoms. The van der Waals surface area contributed by atoms with E-state index < -0.39 is 0 Å². The number of carbonyl (C=O) groups is 1. The van der Waals surface area contributed by atoms with Crippen LogP contribution in [0.3, 0.4) is 0 Å². The Morgan fingerprint density at radius 3 is 2.94 bits per heavy atom. The lowest BCUT2D eigenvalue weighted by molar-refractivity contribution is -0.130. The van der Waals surface area contributed by atoms with E-state index in [0.717, 1.165) is 73.7 Å². The average molecular weight is 449 g/mol. The Balaban J connectivity index is 1.24. The fourth-order valence-corrected chi connectivity index (χ4v) is 5.33. The van der Waals surface area contributed by atoms with E-state index in [-0.39, 0.29) is 17.4 Å². The summed E-state index contributed by atoms with van der Waals surface area (Å²) in [5, 5.41) is 0. The van der Waals surface area contributed by atoms with Crippen LogP contribution < -0.4 is 10.3 Å². The molecule has 174 valence electrons. The number of rotatable bonds is 6. The summed E-state index contributed by atoms with van der Waals surface area (Å²) in [7, 11) is 1.68. The summed E-state index contributed by atoms with van der Waals surface area (Å²) in [5.74, 6) is 2.33. The van der Waals surface area contributed by atoms with E-state index in [4.69, 9.17) is 9.72 Å². The molecular weight excluding hydrogens is 416 g/mol. The molecule has 1 aliphatic carbocycles. The zero-order chi connectivity index (χ0) is 22.8. The van der Waals surface area contributed by atoms with Crippen LogP contribution in [0.25, 0.3) is 0 Å². The van der Waals surface area contributed by atoms with Gasteiger partial charge in [0.2, 0.25) is 5.91 Å². The van der Waals surface area contributed by atoms with Crippen LogP contribution in [0.1, 0.15) is 54.2 Å². The number of amides is 1. The van der Waals surface area contributed by atoms with Crippen LogP contribution in [0.2, 0.25) is 0 Å². The van der Waals surface area contributed by atoms with Crippen molar-refractivity contribution in [3.05, 3.63) is 69.4 Å². The van der Waals surface area contributed by atoms with E-state index in [1.165, 1.54) is 0 Å². The highest BCUT2D eigenvalue weighted by molar-refractivity contribution is 5.77. The second kappa shape index (κ2) is 9.51. The summed E-state index contributed by atoms with van der Waals surface area (Å²) in [5.41, 5.74) is 2.75. The molecule has 1 fully saturated rings. The minimum atomic E-state index is -0.0411. The molecular formula is C26H32N4O3. The Morgan fingerprint density at radius 2 is 2.12 bits per heavy atom. The van der Waals surface area contributed by atoms with Crippen LogP contribution >= 0.6 is 0 Å². The minimum Gasteiger partial charge on any atom is -0.496 e. The first-order valence-corrected chi connectivity index (χ1v) is 12.0. The Bertz CT molecular complexity index is 1110. The summed E-state index contributed by atoms with van der Waals surface area (Å²) >= 11 is 0. The molecule has 1 aromatic heterocycles. The number of carbonyl (C=O) groups excluding carboxylic acids is 1. The van der Waals surface area contributed by atoms with Gasteiger partial charge in [0.05, 0.1) is 18.4 Å². The number of hydrogen-bond acceptors (Lipinski definition) is 5. The van der Waals surface area contributed by atoms with E-state index in [2.05, 4.69) is 28.1 Å². The van der Waals surface area contributed by atoms with Crippen molar-refractivity contribution >= 4 is 5.91 Å². The lowest BCUT2D eigenvalue weighted by Gasteiger charge is -2.28. The van der Waals surface area contributed by atoms with Crippen LogP contribution in [0.5, 0.6) is 5.75 Å². The number of nitrogens with one attached hydrogen (secondary N) is 1. The summed E-state index contributed by atoms with van der Waals surface area (Å²) in [4.78, 5) is 37.8. The predicted octanol–water partition coefficient (Wildman–Crippen LogP) is 3.01. The number of para-hydroxylation sites is 1. The highest BCUT2D eigenvalue weighted by atomic mass is 16.5. The number of ether oxygens (including phenoxy) is 1. The van der Waals surface area contributed by atoms with E-state index in [9.17, 15) is 9.59 Å². The molecule has 7 heteroatoms. The van der Waals surface area contributed by atoms with Crippen molar-refractivity contribution in [2.75, 3.05) is 26.7 Å². The van der Waals surface area contributed by atoms with Crippen LogP contribution in [0.4, 0.5) is 0 Å². The van der Waals surface area contributed by atoms with Crippen LogP contribution in [0, 0.1) is 5.92 Å². The number of fused-ring (bicyclic) bond motifs is 1. The van der Waals surface area contributed by atoms with Gasteiger partial charge in [-0.05, 0) is 31.2 Å². The summed E-state index contributed by atoms with van der Waals surface area (Å²) in [6, 6.07) is 8.01. The van der Waals surface area contributed by atoms with Crippen LogP contribution in [-0.4, -0.2) is 52.4 Å². The molecule has 1 aromatic carbocycles. The van der Waals surface area contributed by atoms with Gasteiger partial charge in [-0.25, -0.2) is 4.98 Å². The predicted molar refractivity (Wildman–Crippen MR) is 126 cm³/mol. The number of benzene rings is 1. The van der Waals surface area contributed by atoms with Gasteiger partial charge in [-0.15, -0.1) is 0 Å². The molecule has 2 aliphatic heterocycles. The third-order valence-electron chi connectivity index (χ3n) is 7.23. The number of H-pyrrole nitrogens is 1. The van der Waals surface area contributed by atoms with E-state index in [1.807, 2.05) is 23.1 Å². The monoisotopic (exact) mass is 448 g/mol. The molecule has 1 amide bonds. The van der Waals surface area contributed by atoms with Crippen LogP contribution in [0.15, 0.2) is 41.2 Å². The third-order valence-corrected chi connectivity index (χ3v) is 7.23. The average Bonchev–Trinajstić information content (AvgIpc) is 3.52. The minimum absolute atomic E-state index is 0.0411. The van der Waals surface area contributed by atoms with E-state index >= 15 is 0 Å². The number of allylic oxidation sites excluding steroid dienone is 2. The van der Waals surface area contributed by atoms with Crippen molar-refractivity contribution in [1.82, 2.24) is 19.8 Å². The molecule has 0 unspecified atom stereocenters. The molecule has 2 atom stereocenters. The zero-order valence-electron chi connectivity index (χ0n) is 19.3. The first kappa shape index (κ1) is 21.9. The Labute approximate surface area is 194 Å². The molecule has 0 bridgehead atoms. The molecule has 0 radical (unpaired) electrons. The Hall–Kier alpha value is -2.93. The number of aromatic amines is 1. The van der Waals surface area contributed by atoms with Gasteiger partial charge < -0.3 is 14.6 Å². The standard InChI is InChI=1S/C26H32N4O3/c1-33-23-9-5-4-8-19(23)15-29-12-11-22-21(17-29)26(32)28-25(27-22)20-10-13-30(16-20)24(31)14-18-6-2-3-7-18/h2,4-6,8-9,18,20H,3,7,10-17H2,1H3,(H,27,28,32)/t18-,20+/m0/s1. The van der Waals surface area contributed by atoms with Crippen molar-refractivity contribution in [3.8, 4) is 5.75 Å². The van der Waals surface area contributed by atoms with Gasteiger partial charge in [0, 0.05) is 57.0 Å². The summed E-state index contributed by atoms with van der Waals surface area (Å²) in [6.45, 7) is 3.57. The number of likely N-dealkylation sites (tertiary alicyclic amines) is 1. The fraction of sp³-hybridized carbons (Fsp3) is 0.500. The lowest BCUT2D eigenvalue weighted by Crippen LogP contribution is -2.36. The summed E-state index contributed by atoms with van der Waals surface area (Å²) in [6.07, 6.45) is 8.71. The number of methoxy groups -OCH3 is 1. The van der Waals surface area contributed by atoms with Gasteiger partial charge in [-0.2, -0.15) is 0 Å². The normalized spacial score (nSPS) is 22.5. The maximum Gasteiger partial charge on any atom is 0.255 e. The van der Waals surface area contributed by atoms with Gasteiger partial charge >= 0.3 is 0 Å². The quantitative estimate of drug-likeness (QED) is 0.688. The maximum atomic E-state index is 13.0. The second-order valence-corrected chi connectivity index (χ2v) is 9.44. The topological polar surface area (TPSA) is 78.5 Å². The molecule has 2 aromatic rings. The number of aromatic nitrogens is 2. The van der Waals surface area contributed by atoms with Gasteiger partial charge in [-0.1, -0.05) is 30.4 Å². The molecule has 1 saturated heterocycles. The van der Waals surface area contributed by atoms with Gasteiger partial charge in [0.25, 0.3) is 5.56 Å². The molecule has 3 heterocycles. The molecule has 5 rings (SSSR count). The molecule has 0 spiro atoms. The highest BCUT2D eigenvalue weighted by Gasteiger charge is 2.31. The largest absolute Gasteiger partial charge is 0.496 e. The smallest absolute Gasteiger partial charge is 0.255 e. The van der Waals surface area contributed by atoms with Crippen molar-refractivity contribution in [1.29, 1.82) is 0 Å².